The molecule has 0 aliphatic heterocycles. The Bertz CT molecular complexity index is 563. The Labute approximate surface area is 118 Å². The van der Waals surface area contributed by atoms with E-state index in [1.54, 1.807) is 4.68 Å². The number of benzene rings is 1. The number of rotatable bonds is 4. The van der Waals surface area contributed by atoms with Gasteiger partial charge in [0.1, 0.15) is 0 Å². The number of halogens is 1. The second-order valence-electron chi connectivity index (χ2n) is 3.83. The third-order valence-corrected chi connectivity index (χ3v) is 3.24. The lowest BCUT2D eigenvalue weighted by atomic mass is 10.2. The lowest BCUT2D eigenvalue weighted by molar-refractivity contribution is 0.0689. The first kappa shape index (κ1) is 13.0. The summed E-state index contributed by atoms with van der Waals surface area (Å²) in [4.78, 5) is 11.1. The molecule has 0 aliphatic carbocycles. The molecule has 0 saturated heterocycles. The van der Waals surface area contributed by atoms with Gasteiger partial charge in [-0.1, -0.05) is 18.6 Å². The van der Waals surface area contributed by atoms with Crippen molar-refractivity contribution in [2.24, 2.45) is 0 Å². The molecule has 0 unspecified atom stereocenters. The maximum absolute atomic E-state index is 11.1. The number of nitrogens with zero attached hydrogens (tertiary/aromatic N) is 3. The van der Waals surface area contributed by atoms with Crippen molar-refractivity contribution >= 4 is 28.6 Å². The Morgan fingerprint density at radius 1 is 1.39 bits per heavy atom. The van der Waals surface area contributed by atoms with Crippen LogP contribution in [-0.2, 0) is 6.42 Å². The van der Waals surface area contributed by atoms with Gasteiger partial charge in [-0.3, -0.25) is 0 Å². The first-order valence-corrected chi connectivity index (χ1v) is 6.65. The van der Waals surface area contributed by atoms with Gasteiger partial charge in [0.25, 0.3) is 0 Å². The molecule has 2 aromatic rings. The van der Waals surface area contributed by atoms with Crippen molar-refractivity contribution in [3.05, 3.63) is 39.2 Å². The van der Waals surface area contributed by atoms with Gasteiger partial charge < -0.3 is 5.11 Å². The molecule has 0 aliphatic rings. The Balaban J connectivity index is 2.50. The molecule has 1 aromatic heterocycles. The summed E-state index contributed by atoms with van der Waals surface area (Å²) in [5.74, 6) is -1.03. The number of hydrogen-bond donors (Lipinski definition) is 1. The summed E-state index contributed by atoms with van der Waals surface area (Å²) in [6.07, 6.45) is 1.48. The molecule has 0 radical (unpaired) electrons. The van der Waals surface area contributed by atoms with Crippen LogP contribution in [0.4, 0.5) is 0 Å². The lowest BCUT2D eigenvalue weighted by Crippen LogP contribution is -2.06. The summed E-state index contributed by atoms with van der Waals surface area (Å²) >= 11 is 2.22. The second kappa shape index (κ2) is 5.47. The third kappa shape index (κ3) is 2.53. The van der Waals surface area contributed by atoms with Crippen molar-refractivity contribution in [3.63, 3.8) is 0 Å². The quantitative estimate of drug-likeness (QED) is 0.854. The molecule has 0 spiro atoms. The highest BCUT2D eigenvalue weighted by atomic mass is 127. The van der Waals surface area contributed by atoms with Crippen LogP contribution in [0.15, 0.2) is 24.3 Å². The molecule has 1 aromatic carbocycles. The maximum atomic E-state index is 11.1. The first-order valence-electron chi connectivity index (χ1n) is 5.57. The van der Waals surface area contributed by atoms with Gasteiger partial charge >= 0.3 is 5.97 Å². The topological polar surface area (TPSA) is 68.0 Å². The molecule has 2 rings (SSSR count). The zero-order chi connectivity index (χ0) is 13.1. The van der Waals surface area contributed by atoms with Crippen LogP contribution in [0.1, 0.15) is 29.5 Å². The predicted molar refractivity (Wildman–Crippen MR) is 75.0 cm³/mol. The lowest BCUT2D eigenvalue weighted by Gasteiger charge is -2.05. The van der Waals surface area contributed by atoms with Crippen molar-refractivity contribution in [1.82, 2.24) is 15.0 Å². The number of aromatic nitrogens is 3. The predicted octanol–water partition coefficient (Wildman–Crippen LogP) is 2.52. The van der Waals surface area contributed by atoms with Gasteiger partial charge in [0.05, 0.1) is 11.4 Å². The summed E-state index contributed by atoms with van der Waals surface area (Å²) in [5, 5.41) is 16.8. The van der Waals surface area contributed by atoms with Crippen LogP contribution in [-0.4, -0.2) is 26.1 Å². The van der Waals surface area contributed by atoms with E-state index in [9.17, 15) is 4.79 Å². The van der Waals surface area contributed by atoms with Crippen LogP contribution in [0.3, 0.4) is 0 Å². The molecule has 6 heteroatoms. The standard InChI is InChI=1S/C12H12IN3O2/c1-2-3-10-11(12(17)18)14-15-16(10)9-6-4-8(13)5-7-9/h4-7H,2-3H2,1H3,(H,17,18). The highest BCUT2D eigenvalue weighted by Gasteiger charge is 2.18. The van der Waals surface area contributed by atoms with Crippen molar-refractivity contribution in [1.29, 1.82) is 0 Å². The molecule has 18 heavy (non-hydrogen) atoms. The van der Waals surface area contributed by atoms with E-state index < -0.39 is 5.97 Å². The van der Waals surface area contributed by atoms with E-state index in [-0.39, 0.29) is 5.69 Å². The van der Waals surface area contributed by atoms with Crippen molar-refractivity contribution in [2.75, 3.05) is 0 Å². The number of carbonyl (C=O) groups is 1. The van der Waals surface area contributed by atoms with E-state index in [0.717, 1.165) is 15.7 Å². The number of carboxylic acids is 1. The Hall–Kier alpha value is -1.44. The number of aromatic carboxylic acids is 1. The molecule has 0 fully saturated rings. The van der Waals surface area contributed by atoms with E-state index in [4.69, 9.17) is 5.11 Å². The molecular formula is C12H12IN3O2. The van der Waals surface area contributed by atoms with Gasteiger partial charge in [0.2, 0.25) is 0 Å². The zero-order valence-corrected chi connectivity index (χ0v) is 12.0. The Morgan fingerprint density at radius 3 is 2.61 bits per heavy atom. The molecule has 0 atom stereocenters. The minimum absolute atomic E-state index is 0.0374. The molecule has 0 saturated carbocycles. The number of carboxylic acid groups (broad SMARTS) is 1. The molecular weight excluding hydrogens is 345 g/mol. The Morgan fingerprint density at radius 2 is 2.06 bits per heavy atom. The zero-order valence-electron chi connectivity index (χ0n) is 9.80. The van der Waals surface area contributed by atoms with Crippen LogP contribution in [0.2, 0.25) is 0 Å². The van der Waals surface area contributed by atoms with Crippen LogP contribution in [0.25, 0.3) is 5.69 Å². The van der Waals surface area contributed by atoms with Gasteiger partial charge in [-0.2, -0.15) is 0 Å². The minimum Gasteiger partial charge on any atom is -0.476 e. The van der Waals surface area contributed by atoms with Crippen molar-refractivity contribution in [3.8, 4) is 5.69 Å². The molecule has 0 bridgehead atoms. The van der Waals surface area contributed by atoms with E-state index in [1.807, 2.05) is 31.2 Å². The van der Waals surface area contributed by atoms with Crippen molar-refractivity contribution in [2.45, 2.75) is 19.8 Å². The average Bonchev–Trinajstić information content (AvgIpc) is 2.74. The summed E-state index contributed by atoms with van der Waals surface area (Å²) in [6, 6.07) is 7.71. The van der Waals surface area contributed by atoms with Gasteiger partial charge in [0.15, 0.2) is 5.69 Å². The largest absolute Gasteiger partial charge is 0.476 e. The summed E-state index contributed by atoms with van der Waals surface area (Å²) in [6.45, 7) is 2.00. The van der Waals surface area contributed by atoms with Crippen LogP contribution < -0.4 is 0 Å². The second-order valence-corrected chi connectivity index (χ2v) is 5.07. The van der Waals surface area contributed by atoms with E-state index in [1.165, 1.54) is 0 Å². The van der Waals surface area contributed by atoms with Crippen molar-refractivity contribution < 1.29 is 9.90 Å². The number of hydrogen-bond acceptors (Lipinski definition) is 3. The van der Waals surface area contributed by atoms with Crippen LogP contribution >= 0.6 is 22.6 Å². The fourth-order valence-electron chi connectivity index (χ4n) is 1.72. The van der Waals surface area contributed by atoms with Gasteiger partial charge in [-0.05, 0) is 53.3 Å². The van der Waals surface area contributed by atoms with E-state index >= 15 is 0 Å². The SMILES string of the molecule is CCCc1c(C(=O)O)nnn1-c1ccc(I)cc1. The van der Waals surface area contributed by atoms with E-state index in [2.05, 4.69) is 32.9 Å². The molecule has 0 amide bonds. The van der Waals surface area contributed by atoms with Crippen LogP contribution in [0, 0.1) is 3.57 Å². The highest BCUT2D eigenvalue weighted by Crippen LogP contribution is 2.16. The molecule has 94 valence electrons. The summed E-state index contributed by atoms with van der Waals surface area (Å²) < 4.78 is 2.72. The fraction of sp³-hybridized carbons (Fsp3) is 0.250. The summed E-state index contributed by atoms with van der Waals surface area (Å²) in [5.41, 5.74) is 1.51. The van der Waals surface area contributed by atoms with Crippen LogP contribution in [0.5, 0.6) is 0 Å². The maximum Gasteiger partial charge on any atom is 0.358 e. The Kier molecular flexibility index (Phi) is 3.95. The normalized spacial score (nSPS) is 10.6. The monoisotopic (exact) mass is 357 g/mol. The van der Waals surface area contributed by atoms with E-state index in [0.29, 0.717) is 12.1 Å². The minimum atomic E-state index is -1.03. The smallest absolute Gasteiger partial charge is 0.358 e. The average molecular weight is 357 g/mol. The molecule has 5 nitrogen and oxygen atoms in total. The molecule has 1 N–H and O–H groups in total. The summed E-state index contributed by atoms with van der Waals surface area (Å²) in [7, 11) is 0. The third-order valence-electron chi connectivity index (χ3n) is 2.52. The molecule has 1 heterocycles. The van der Waals surface area contributed by atoms with Gasteiger partial charge in [-0.15, -0.1) is 5.10 Å². The highest BCUT2D eigenvalue weighted by molar-refractivity contribution is 14.1. The first-order chi connectivity index (χ1) is 8.63. The van der Waals surface area contributed by atoms with Gasteiger partial charge in [0, 0.05) is 3.57 Å². The van der Waals surface area contributed by atoms with Gasteiger partial charge in [-0.25, -0.2) is 9.48 Å². The fourth-order valence-corrected chi connectivity index (χ4v) is 2.08.